The third-order valence-electron chi connectivity index (χ3n) is 3.50. The van der Waals surface area contributed by atoms with Gasteiger partial charge < -0.3 is 4.74 Å². The summed E-state index contributed by atoms with van der Waals surface area (Å²) in [6.07, 6.45) is 1.64. The molecule has 21 heavy (non-hydrogen) atoms. The highest BCUT2D eigenvalue weighted by Crippen LogP contribution is 2.21. The van der Waals surface area contributed by atoms with Crippen molar-refractivity contribution in [3.8, 4) is 0 Å². The number of morpholine rings is 1. The van der Waals surface area contributed by atoms with Crippen LogP contribution in [0.3, 0.4) is 0 Å². The van der Waals surface area contributed by atoms with Gasteiger partial charge in [-0.3, -0.25) is 9.88 Å². The van der Waals surface area contributed by atoms with Gasteiger partial charge in [-0.05, 0) is 29.8 Å². The first-order chi connectivity index (χ1) is 10.2. The normalized spacial score (nSPS) is 19.6. The van der Waals surface area contributed by atoms with Crippen molar-refractivity contribution in [1.29, 1.82) is 0 Å². The fourth-order valence-corrected chi connectivity index (χ4v) is 2.55. The van der Waals surface area contributed by atoms with Crippen molar-refractivity contribution >= 4 is 0 Å². The van der Waals surface area contributed by atoms with Gasteiger partial charge in [0.15, 0.2) is 0 Å². The summed E-state index contributed by atoms with van der Waals surface area (Å²) in [5.74, 6) is -1.08. The summed E-state index contributed by atoms with van der Waals surface area (Å²) in [5.41, 5.74) is 1.52. The van der Waals surface area contributed by atoms with Crippen LogP contribution in [0.25, 0.3) is 0 Å². The summed E-state index contributed by atoms with van der Waals surface area (Å²) in [6, 6.07) is 9.34. The van der Waals surface area contributed by atoms with Gasteiger partial charge in [-0.25, -0.2) is 8.78 Å². The minimum absolute atomic E-state index is 0.0987. The topological polar surface area (TPSA) is 25.4 Å². The van der Waals surface area contributed by atoms with Crippen molar-refractivity contribution in [2.45, 2.75) is 12.6 Å². The number of nitrogens with zero attached hydrogens (tertiary/aromatic N) is 2. The van der Waals surface area contributed by atoms with E-state index in [-0.39, 0.29) is 6.10 Å². The molecule has 1 saturated heterocycles. The van der Waals surface area contributed by atoms with Crippen molar-refractivity contribution in [3.05, 3.63) is 65.5 Å². The number of pyridine rings is 1. The third kappa shape index (κ3) is 3.62. The van der Waals surface area contributed by atoms with Gasteiger partial charge in [0.1, 0.15) is 17.7 Å². The van der Waals surface area contributed by atoms with Crippen LogP contribution in [-0.4, -0.2) is 29.6 Å². The first-order valence-corrected chi connectivity index (χ1v) is 6.90. The number of benzene rings is 1. The predicted molar refractivity (Wildman–Crippen MR) is 74.6 cm³/mol. The fraction of sp³-hybridized carbons (Fsp3) is 0.312. The number of aromatic nitrogens is 1. The molecule has 1 aromatic carbocycles. The largest absolute Gasteiger partial charge is 0.369 e. The molecule has 1 aliphatic rings. The molecule has 0 N–H and O–H groups in total. The Bertz CT molecular complexity index is 586. The van der Waals surface area contributed by atoms with E-state index in [0.717, 1.165) is 18.3 Å². The molecule has 2 aromatic rings. The number of rotatable bonds is 3. The lowest BCUT2D eigenvalue weighted by atomic mass is 10.1. The molecule has 0 amide bonds. The lowest BCUT2D eigenvalue weighted by Crippen LogP contribution is -2.38. The quantitative estimate of drug-likeness (QED) is 0.869. The molecule has 0 spiro atoms. The van der Waals surface area contributed by atoms with E-state index >= 15 is 0 Å². The molecule has 0 aliphatic carbocycles. The van der Waals surface area contributed by atoms with Gasteiger partial charge in [-0.2, -0.15) is 0 Å². The molecule has 1 fully saturated rings. The van der Waals surface area contributed by atoms with Crippen LogP contribution in [0.1, 0.15) is 17.4 Å². The highest BCUT2D eigenvalue weighted by molar-refractivity contribution is 5.18. The Morgan fingerprint density at radius 2 is 2.00 bits per heavy atom. The van der Waals surface area contributed by atoms with E-state index < -0.39 is 11.6 Å². The Labute approximate surface area is 122 Å². The number of hydrogen-bond acceptors (Lipinski definition) is 3. The number of hydrogen-bond donors (Lipinski definition) is 0. The van der Waals surface area contributed by atoms with Crippen LogP contribution >= 0.6 is 0 Å². The Morgan fingerprint density at radius 1 is 1.19 bits per heavy atom. The van der Waals surface area contributed by atoms with Crippen molar-refractivity contribution in [2.24, 2.45) is 0 Å². The van der Waals surface area contributed by atoms with Gasteiger partial charge in [-0.15, -0.1) is 0 Å². The molecule has 5 heteroatoms. The lowest BCUT2D eigenvalue weighted by Gasteiger charge is -2.32. The molecule has 110 valence electrons. The zero-order valence-corrected chi connectivity index (χ0v) is 11.5. The van der Waals surface area contributed by atoms with Gasteiger partial charge in [0, 0.05) is 31.9 Å². The van der Waals surface area contributed by atoms with Gasteiger partial charge in [-0.1, -0.05) is 6.07 Å². The summed E-state index contributed by atoms with van der Waals surface area (Å²) >= 11 is 0. The van der Waals surface area contributed by atoms with E-state index in [1.807, 2.05) is 18.2 Å². The zero-order chi connectivity index (χ0) is 14.7. The fourth-order valence-electron chi connectivity index (χ4n) is 2.55. The molecule has 3 rings (SSSR count). The molecule has 1 atom stereocenters. The Morgan fingerprint density at radius 3 is 2.71 bits per heavy atom. The van der Waals surface area contributed by atoms with Crippen molar-refractivity contribution in [3.63, 3.8) is 0 Å². The molecule has 0 radical (unpaired) electrons. The predicted octanol–water partition coefficient (Wildman–Crippen LogP) is 2.93. The van der Waals surface area contributed by atoms with E-state index in [0.29, 0.717) is 25.3 Å². The summed E-state index contributed by atoms with van der Waals surface area (Å²) in [6.45, 7) is 2.48. The van der Waals surface area contributed by atoms with E-state index in [9.17, 15) is 8.78 Å². The highest BCUT2D eigenvalue weighted by atomic mass is 19.1. The van der Waals surface area contributed by atoms with Crippen LogP contribution in [0, 0.1) is 11.6 Å². The summed E-state index contributed by atoms with van der Waals surface area (Å²) in [7, 11) is 0. The first-order valence-electron chi connectivity index (χ1n) is 6.90. The molecule has 1 aromatic heterocycles. The van der Waals surface area contributed by atoms with E-state index in [2.05, 4.69) is 9.88 Å². The van der Waals surface area contributed by atoms with Crippen molar-refractivity contribution < 1.29 is 13.5 Å². The van der Waals surface area contributed by atoms with E-state index in [1.165, 1.54) is 12.1 Å². The molecular formula is C16H16F2N2O. The Balaban J connectivity index is 1.69. The molecule has 2 heterocycles. The van der Waals surface area contributed by atoms with Crippen LogP contribution in [0.2, 0.25) is 0 Å². The van der Waals surface area contributed by atoms with Gasteiger partial charge in [0.25, 0.3) is 0 Å². The second kappa shape index (κ2) is 6.28. The molecule has 0 bridgehead atoms. The van der Waals surface area contributed by atoms with Crippen LogP contribution in [0.5, 0.6) is 0 Å². The Kier molecular flexibility index (Phi) is 4.22. The summed E-state index contributed by atoms with van der Waals surface area (Å²) in [4.78, 5) is 6.42. The Hall–Kier alpha value is -1.85. The second-order valence-electron chi connectivity index (χ2n) is 5.13. The molecule has 1 aliphatic heterocycles. The maximum Gasteiger partial charge on any atom is 0.126 e. The van der Waals surface area contributed by atoms with Gasteiger partial charge >= 0.3 is 0 Å². The molecular weight excluding hydrogens is 274 g/mol. The van der Waals surface area contributed by atoms with Crippen LogP contribution < -0.4 is 0 Å². The van der Waals surface area contributed by atoms with Crippen LogP contribution in [0.4, 0.5) is 8.78 Å². The summed E-state index contributed by atoms with van der Waals surface area (Å²) in [5, 5.41) is 0. The van der Waals surface area contributed by atoms with Gasteiger partial charge in [0.05, 0.1) is 12.3 Å². The zero-order valence-electron chi connectivity index (χ0n) is 11.5. The minimum atomic E-state index is -0.542. The first kappa shape index (κ1) is 14.1. The van der Waals surface area contributed by atoms with E-state index in [4.69, 9.17) is 4.74 Å². The maximum absolute atomic E-state index is 13.2. The smallest absolute Gasteiger partial charge is 0.126 e. The third-order valence-corrected chi connectivity index (χ3v) is 3.50. The SMILES string of the molecule is Fc1cc(F)cc(CN2CCO[C@H](c3ccccn3)C2)c1. The number of halogens is 2. The van der Waals surface area contributed by atoms with Crippen LogP contribution in [-0.2, 0) is 11.3 Å². The molecule has 3 nitrogen and oxygen atoms in total. The monoisotopic (exact) mass is 290 g/mol. The minimum Gasteiger partial charge on any atom is -0.369 e. The van der Waals surface area contributed by atoms with Crippen molar-refractivity contribution in [2.75, 3.05) is 19.7 Å². The van der Waals surface area contributed by atoms with Crippen LogP contribution in [0.15, 0.2) is 42.6 Å². The van der Waals surface area contributed by atoms with E-state index in [1.54, 1.807) is 6.20 Å². The van der Waals surface area contributed by atoms with Gasteiger partial charge in [0.2, 0.25) is 0 Å². The molecule has 0 unspecified atom stereocenters. The number of ether oxygens (including phenoxy) is 1. The standard InChI is InChI=1S/C16H16F2N2O/c17-13-7-12(8-14(18)9-13)10-20-5-6-21-16(11-20)15-3-1-2-4-19-15/h1-4,7-9,16H,5-6,10-11H2/t16-/m0/s1. The lowest BCUT2D eigenvalue weighted by molar-refractivity contribution is -0.0350. The average Bonchev–Trinajstić information content (AvgIpc) is 2.47. The molecule has 0 saturated carbocycles. The highest BCUT2D eigenvalue weighted by Gasteiger charge is 2.23. The average molecular weight is 290 g/mol. The summed E-state index contributed by atoms with van der Waals surface area (Å²) < 4.78 is 32.2. The van der Waals surface area contributed by atoms with Crippen molar-refractivity contribution in [1.82, 2.24) is 9.88 Å². The second-order valence-corrected chi connectivity index (χ2v) is 5.13. The maximum atomic E-state index is 13.2.